The van der Waals surface area contributed by atoms with Crippen molar-refractivity contribution < 1.29 is 18.3 Å². The van der Waals surface area contributed by atoms with Crippen LogP contribution in [0.2, 0.25) is 0 Å². The number of benzene rings is 2. The van der Waals surface area contributed by atoms with E-state index >= 15 is 0 Å². The Morgan fingerprint density at radius 3 is 2.60 bits per heavy atom. The van der Waals surface area contributed by atoms with E-state index in [0.717, 1.165) is 35.5 Å². The summed E-state index contributed by atoms with van der Waals surface area (Å²) in [6.45, 7) is 1.57. The Morgan fingerprint density at radius 2 is 1.88 bits per heavy atom. The van der Waals surface area contributed by atoms with E-state index in [4.69, 9.17) is 4.74 Å². The molecule has 1 amide bonds. The van der Waals surface area contributed by atoms with Crippen LogP contribution in [0, 0.1) is 0 Å². The number of hydrogen-bond donors (Lipinski definition) is 2. The summed E-state index contributed by atoms with van der Waals surface area (Å²) in [6.07, 6.45) is -2.55. The Bertz CT molecular complexity index is 724. The summed E-state index contributed by atoms with van der Waals surface area (Å²) < 4.78 is 29.9. The van der Waals surface area contributed by atoms with Crippen LogP contribution in [0.3, 0.4) is 0 Å². The van der Waals surface area contributed by atoms with Crippen molar-refractivity contribution in [3.63, 3.8) is 0 Å². The summed E-state index contributed by atoms with van der Waals surface area (Å²) >= 11 is 0. The smallest absolute Gasteiger partial charge is 0.255 e. The quantitative estimate of drug-likeness (QED) is 0.871. The second-order valence-corrected chi connectivity index (χ2v) is 5.53. The minimum atomic E-state index is -2.55. The molecule has 0 aromatic heterocycles. The van der Waals surface area contributed by atoms with Gasteiger partial charge in [0.2, 0.25) is 0 Å². The number of nitrogens with one attached hydrogen (secondary N) is 2. The van der Waals surface area contributed by atoms with Gasteiger partial charge in [-0.25, -0.2) is 8.78 Å². The van der Waals surface area contributed by atoms with Crippen LogP contribution in [0.15, 0.2) is 42.5 Å². The van der Waals surface area contributed by atoms with E-state index in [1.165, 1.54) is 0 Å². The normalized spacial score (nSPS) is 13.2. The van der Waals surface area contributed by atoms with Crippen molar-refractivity contribution in [1.29, 1.82) is 0 Å². The molecule has 0 saturated heterocycles. The van der Waals surface area contributed by atoms with Gasteiger partial charge in [-0.15, -0.1) is 12.4 Å². The molecular weight excluding hydrogens is 350 g/mol. The fourth-order valence-electron chi connectivity index (χ4n) is 2.58. The molecule has 3 rings (SSSR count). The standard InChI is InChI=1S/C18H18F2N2O2.ClH/c19-17(20)11-22-18(23)13-3-1-12(2-4-13)14-5-6-16-15(9-14)10-21-7-8-24-16;/h1-6,9,17,21H,7-8,10-11H2,(H,22,23);1H. The molecule has 0 radical (unpaired) electrons. The van der Waals surface area contributed by atoms with Crippen LogP contribution in [0.1, 0.15) is 15.9 Å². The van der Waals surface area contributed by atoms with Crippen LogP contribution >= 0.6 is 12.4 Å². The summed E-state index contributed by atoms with van der Waals surface area (Å²) in [4.78, 5) is 11.8. The van der Waals surface area contributed by atoms with Crippen molar-refractivity contribution in [2.45, 2.75) is 13.0 Å². The summed E-state index contributed by atoms with van der Waals surface area (Å²) in [5.74, 6) is 0.383. The predicted molar refractivity (Wildman–Crippen MR) is 94.7 cm³/mol. The van der Waals surface area contributed by atoms with Gasteiger partial charge >= 0.3 is 0 Å². The van der Waals surface area contributed by atoms with Gasteiger partial charge in [-0.1, -0.05) is 18.2 Å². The van der Waals surface area contributed by atoms with Gasteiger partial charge in [-0.05, 0) is 35.4 Å². The van der Waals surface area contributed by atoms with Crippen LogP contribution < -0.4 is 15.4 Å². The van der Waals surface area contributed by atoms with Crippen molar-refractivity contribution in [1.82, 2.24) is 10.6 Å². The van der Waals surface area contributed by atoms with Crippen LogP contribution in [0.25, 0.3) is 11.1 Å². The van der Waals surface area contributed by atoms with E-state index in [2.05, 4.69) is 16.7 Å². The van der Waals surface area contributed by atoms with Crippen LogP contribution in [0.5, 0.6) is 5.75 Å². The van der Waals surface area contributed by atoms with Crippen molar-refractivity contribution in [2.24, 2.45) is 0 Å². The highest BCUT2D eigenvalue weighted by Gasteiger charge is 2.11. The molecule has 2 N–H and O–H groups in total. The minimum absolute atomic E-state index is 0. The fraction of sp³-hybridized carbons (Fsp3) is 0.278. The molecule has 2 aromatic carbocycles. The van der Waals surface area contributed by atoms with E-state index in [1.54, 1.807) is 12.1 Å². The number of carbonyl (C=O) groups excluding carboxylic acids is 1. The van der Waals surface area contributed by atoms with Crippen LogP contribution in [-0.2, 0) is 6.54 Å². The number of rotatable bonds is 4. The van der Waals surface area contributed by atoms with E-state index in [1.807, 2.05) is 24.3 Å². The number of amides is 1. The molecule has 0 saturated carbocycles. The molecule has 0 unspecified atom stereocenters. The van der Waals surface area contributed by atoms with E-state index in [-0.39, 0.29) is 12.4 Å². The van der Waals surface area contributed by atoms with Gasteiger partial charge in [-0.3, -0.25) is 4.79 Å². The highest BCUT2D eigenvalue weighted by molar-refractivity contribution is 5.94. The highest BCUT2D eigenvalue weighted by Crippen LogP contribution is 2.28. The molecule has 0 atom stereocenters. The average Bonchev–Trinajstić information content (AvgIpc) is 2.84. The third-order valence-electron chi connectivity index (χ3n) is 3.81. The predicted octanol–water partition coefficient (Wildman–Crippen LogP) is 3.25. The maximum absolute atomic E-state index is 12.1. The first-order chi connectivity index (χ1) is 11.6. The molecule has 0 spiro atoms. The highest BCUT2D eigenvalue weighted by atomic mass is 35.5. The zero-order valence-corrected chi connectivity index (χ0v) is 14.2. The Kier molecular flexibility index (Phi) is 6.73. The molecule has 2 aromatic rings. The number of ether oxygens (including phenoxy) is 1. The first-order valence-electron chi connectivity index (χ1n) is 7.77. The Balaban J connectivity index is 0.00000225. The maximum atomic E-state index is 12.1. The van der Waals surface area contributed by atoms with Gasteiger partial charge < -0.3 is 15.4 Å². The summed E-state index contributed by atoms with van der Waals surface area (Å²) in [7, 11) is 0. The monoisotopic (exact) mass is 368 g/mol. The van der Waals surface area contributed by atoms with E-state index < -0.39 is 18.9 Å². The zero-order valence-electron chi connectivity index (χ0n) is 13.4. The lowest BCUT2D eigenvalue weighted by Crippen LogP contribution is -2.28. The van der Waals surface area contributed by atoms with Gasteiger partial charge in [-0.2, -0.15) is 0 Å². The molecule has 1 heterocycles. The molecule has 0 fully saturated rings. The van der Waals surface area contributed by atoms with Gasteiger partial charge in [0.1, 0.15) is 12.4 Å². The van der Waals surface area contributed by atoms with Crippen molar-refractivity contribution in [3.05, 3.63) is 53.6 Å². The molecule has 7 heteroatoms. The van der Waals surface area contributed by atoms with Gasteiger partial charge in [0.15, 0.2) is 0 Å². The Labute approximate surface area is 151 Å². The SMILES string of the molecule is Cl.O=C(NCC(F)F)c1ccc(-c2ccc3c(c2)CNCCO3)cc1. The second kappa shape index (κ2) is 8.78. The molecule has 1 aliphatic rings. The zero-order chi connectivity index (χ0) is 16.9. The number of hydrogen-bond acceptors (Lipinski definition) is 3. The van der Waals surface area contributed by atoms with Gasteiger partial charge in [0, 0.05) is 24.2 Å². The van der Waals surface area contributed by atoms with Crippen molar-refractivity contribution >= 4 is 18.3 Å². The van der Waals surface area contributed by atoms with Crippen molar-refractivity contribution in [3.8, 4) is 16.9 Å². The topological polar surface area (TPSA) is 50.4 Å². The largest absolute Gasteiger partial charge is 0.492 e. The molecule has 134 valence electrons. The van der Waals surface area contributed by atoms with Gasteiger partial charge in [0.05, 0.1) is 6.54 Å². The molecular formula is C18H19ClF2N2O2. The van der Waals surface area contributed by atoms with Crippen molar-refractivity contribution in [2.75, 3.05) is 19.7 Å². The number of carbonyl (C=O) groups is 1. The van der Waals surface area contributed by atoms with Gasteiger partial charge in [0.25, 0.3) is 12.3 Å². The van der Waals surface area contributed by atoms with Crippen LogP contribution in [-0.4, -0.2) is 32.0 Å². The third-order valence-corrected chi connectivity index (χ3v) is 3.81. The molecule has 0 bridgehead atoms. The third kappa shape index (κ3) is 4.90. The first-order valence-corrected chi connectivity index (χ1v) is 7.77. The molecule has 0 aliphatic carbocycles. The van der Waals surface area contributed by atoms with Crippen LogP contribution in [0.4, 0.5) is 8.78 Å². The first kappa shape index (κ1) is 19.1. The lowest BCUT2D eigenvalue weighted by molar-refractivity contribution is 0.0891. The second-order valence-electron chi connectivity index (χ2n) is 5.53. The van der Waals surface area contributed by atoms with E-state index in [9.17, 15) is 13.6 Å². The fourth-order valence-corrected chi connectivity index (χ4v) is 2.58. The number of alkyl halides is 2. The Morgan fingerprint density at radius 1 is 1.16 bits per heavy atom. The number of fused-ring (bicyclic) bond motifs is 1. The maximum Gasteiger partial charge on any atom is 0.255 e. The van der Waals surface area contributed by atoms with E-state index in [0.29, 0.717) is 12.2 Å². The average molecular weight is 369 g/mol. The molecule has 25 heavy (non-hydrogen) atoms. The lowest BCUT2D eigenvalue weighted by Gasteiger charge is -2.10. The summed E-state index contributed by atoms with van der Waals surface area (Å²) in [5.41, 5.74) is 3.41. The lowest BCUT2D eigenvalue weighted by atomic mass is 10.0. The Hall–Kier alpha value is -2.18. The molecule has 1 aliphatic heterocycles. The molecule has 4 nitrogen and oxygen atoms in total. The number of halogens is 3. The minimum Gasteiger partial charge on any atom is -0.492 e. The summed E-state index contributed by atoms with van der Waals surface area (Å²) in [5, 5.41) is 5.48. The summed E-state index contributed by atoms with van der Waals surface area (Å²) in [6, 6.07) is 12.9.